The molecule has 0 radical (unpaired) electrons. The van der Waals surface area contributed by atoms with Crippen LogP contribution in [0.4, 0.5) is 74.1 Å². The van der Waals surface area contributed by atoms with Crippen LogP contribution in [-0.4, -0.2) is 56.5 Å². The van der Waals surface area contributed by atoms with Crippen LogP contribution in [0.25, 0.3) is 0 Å². The quantitative estimate of drug-likeness (QED) is 0.335. The van der Waals surface area contributed by atoms with E-state index in [1.807, 2.05) is 0 Å². The molecule has 0 aromatic carbocycles. The van der Waals surface area contributed by atoms with Crippen molar-refractivity contribution in [2.45, 2.75) is 48.1 Å². The van der Waals surface area contributed by atoms with E-state index in [4.69, 9.17) is 0 Å². The first-order valence-electron chi connectivity index (χ1n) is 5.73. The molecular weight excluding hydrogens is 499 g/mol. The van der Waals surface area contributed by atoms with Crippen molar-refractivity contribution in [2.24, 2.45) is 0 Å². The number of halogens is 17. The van der Waals surface area contributed by atoms with Crippen LogP contribution in [0.1, 0.15) is 0 Å². The van der Waals surface area contributed by atoms with Gasteiger partial charge in [-0.1, -0.05) is 3.89 Å². The normalized spacial score (nSPS) is 16.5. The molecule has 0 rings (SSSR count). The zero-order valence-corrected chi connectivity index (χ0v) is 13.0. The van der Waals surface area contributed by atoms with E-state index in [0.29, 0.717) is 0 Å². The van der Waals surface area contributed by atoms with Crippen LogP contribution in [0, 0.1) is 0 Å². The highest BCUT2D eigenvalue weighted by Crippen LogP contribution is 2.62. The third kappa shape index (κ3) is 3.90. The minimum Gasteiger partial charge on any atom is -0.203 e. The monoisotopic (exact) mass is 500 g/mol. The van der Waals surface area contributed by atoms with Gasteiger partial charge in [-0.25, -0.2) is 8.78 Å². The van der Waals surface area contributed by atoms with E-state index in [2.05, 4.69) is 0 Å². The Morgan fingerprint density at radius 2 is 0.828 bits per heavy atom. The first-order valence-corrected chi connectivity index (χ1v) is 7.04. The van der Waals surface area contributed by atoms with Crippen molar-refractivity contribution in [2.75, 3.05) is 0 Å². The van der Waals surface area contributed by atoms with E-state index in [1.165, 1.54) is 4.18 Å². The first-order chi connectivity index (χ1) is 12.2. The molecule has 0 aliphatic carbocycles. The van der Waals surface area contributed by atoms with Gasteiger partial charge in [0.05, 0.1) is 0 Å². The molecule has 0 heterocycles. The first kappa shape index (κ1) is 27.7. The predicted octanol–water partition coefficient (Wildman–Crippen LogP) is 4.89. The van der Waals surface area contributed by atoms with Crippen molar-refractivity contribution in [3.8, 4) is 0 Å². The van der Waals surface area contributed by atoms with E-state index in [9.17, 15) is 82.6 Å². The van der Waals surface area contributed by atoms with Crippen LogP contribution in [0.2, 0.25) is 0 Å². The van der Waals surface area contributed by atoms with E-state index in [-0.39, 0.29) is 0 Å². The fourth-order valence-electron chi connectivity index (χ4n) is 1.30. The smallest absolute Gasteiger partial charge is 0.203 e. The van der Waals surface area contributed by atoms with Gasteiger partial charge in [-0.2, -0.15) is 74.1 Å². The fourth-order valence-corrected chi connectivity index (χ4v) is 1.65. The number of hydrogen-bond acceptors (Lipinski definition) is 3. The molecule has 0 N–H and O–H groups in total. The van der Waals surface area contributed by atoms with Gasteiger partial charge in [0.25, 0.3) is 0 Å². The van der Waals surface area contributed by atoms with Crippen molar-refractivity contribution in [3.05, 3.63) is 0 Å². The van der Waals surface area contributed by atoms with Crippen molar-refractivity contribution >= 4 is 10.5 Å². The van der Waals surface area contributed by atoms with Gasteiger partial charge in [-0.05, 0) is 0 Å². The maximum absolute atomic E-state index is 13.1. The Kier molecular flexibility index (Phi) is 6.57. The van der Waals surface area contributed by atoms with Crippen LogP contribution >= 0.6 is 0 Å². The Balaban J connectivity index is 6.67. The van der Waals surface area contributed by atoms with Crippen LogP contribution in [0.5, 0.6) is 0 Å². The molecule has 176 valence electrons. The van der Waals surface area contributed by atoms with E-state index >= 15 is 0 Å². The SMILES string of the molecule is O=S(=O)(F)OC(F)(F)C(F)(F)C(F)(F)C(F)(F)C(F)(F)C(F)(F)C(F)(F)C(F)F. The van der Waals surface area contributed by atoms with Gasteiger partial charge in [0.2, 0.25) is 0 Å². The Bertz CT molecular complexity index is 710. The molecule has 3 nitrogen and oxygen atoms in total. The second-order valence-corrected chi connectivity index (χ2v) is 5.74. The highest BCUT2D eigenvalue weighted by Gasteiger charge is 2.94. The van der Waals surface area contributed by atoms with Crippen molar-refractivity contribution in [3.63, 3.8) is 0 Å². The largest absolute Gasteiger partial charge is 0.442 e. The van der Waals surface area contributed by atoms with E-state index < -0.39 is 58.6 Å². The lowest BCUT2D eigenvalue weighted by Gasteiger charge is -2.41. The van der Waals surface area contributed by atoms with Crippen molar-refractivity contribution in [1.82, 2.24) is 0 Å². The maximum atomic E-state index is 13.1. The van der Waals surface area contributed by atoms with Crippen LogP contribution < -0.4 is 0 Å². The standard InChI is InChI=1S/C8HF17O3S/c9-1(10)2(11,12)3(13,14)4(15,16)5(17,18)6(19,20)7(21,22)8(23,24)28-29(25,26)27/h1H. The second kappa shape index (κ2) is 6.87. The zero-order valence-electron chi connectivity index (χ0n) is 12.1. The third-order valence-corrected chi connectivity index (χ3v) is 3.25. The highest BCUT2D eigenvalue weighted by atomic mass is 32.3. The van der Waals surface area contributed by atoms with E-state index in [1.54, 1.807) is 0 Å². The van der Waals surface area contributed by atoms with Gasteiger partial charge in [0.1, 0.15) is 0 Å². The zero-order chi connectivity index (χ0) is 24.3. The molecule has 0 aliphatic heterocycles. The molecule has 0 amide bonds. The fraction of sp³-hybridized carbons (Fsp3) is 1.00. The minimum absolute atomic E-state index is 1.38. The van der Waals surface area contributed by atoms with Gasteiger partial charge >= 0.3 is 58.6 Å². The summed E-state index contributed by atoms with van der Waals surface area (Å²) in [5.41, 5.74) is 0. The summed E-state index contributed by atoms with van der Waals surface area (Å²) < 4.78 is 236. The summed E-state index contributed by atoms with van der Waals surface area (Å²) in [4.78, 5) is 0. The molecule has 0 spiro atoms. The summed E-state index contributed by atoms with van der Waals surface area (Å²) >= 11 is 0. The van der Waals surface area contributed by atoms with Gasteiger partial charge in [-0.15, -0.1) is 0 Å². The average Bonchev–Trinajstić information content (AvgIpc) is 2.43. The lowest BCUT2D eigenvalue weighted by molar-refractivity contribution is -0.461. The lowest BCUT2D eigenvalue weighted by atomic mass is 9.91. The molecule has 0 saturated heterocycles. The summed E-state index contributed by atoms with van der Waals surface area (Å²) in [5.74, 6) is -50.2. The number of alkyl halides is 16. The molecule has 0 bridgehead atoms. The molecule has 0 saturated carbocycles. The van der Waals surface area contributed by atoms with Crippen LogP contribution in [0.3, 0.4) is 0 Å². The van der Waals surface area contributed by atoms with Crippen molar-refractivity contribution < 1.29 is 86.7 Å². The average molecular weight is 500 g/mol. The van der Waals surface area contributed by atoms with Gasteiger partial charge in [0, 0.05) is 0 Å². The van der Waals surface area contributed by atoms with Crippen molar-refractivity contribution in [1.29, 1.82) is 0 Å². The molecule has 29 heavy (non-hydrogen) atoms. The summed E-state index contributed by atoms with van der Waals surface area (Å²) in [6, 6.07) is 0. The van der Waals surface area contributed by atoms with E-state index in [0.717, 1.165) is 0 Å². The third-order valence-electron chi connectivity index (χ3n) is 2.84. The summed E-state index contributed by atoms with van der Waals surface area (Å²) in [7, 11) is -7.43. The summed E-state index contributed by atoms with van der Waals surface area (Å²) in [6.45, 7) is 0. The maximum Gasteiger partial charge on any atom is 0.442 e. The summed E-state index contributed by atoms with van der Waals surface area (Å²) in [5, 5.41) is 0. The molecule has 0 fully saturated rings. The molecule has 0 aliphatic rings. The molecule has 0 aromatic rings. The number of rotatable bonds is 9. The highest BCUT2D eigenvalue weighted by molar-refractivity contribution is 7.81. The second-order valence-electron chi connectivity index (χ2n) is 4.79. The van der Waals surface area contributed by atoms with Gasteiger partial charge in [-0.3, -0.25) is 0 Å². The lowest BCUT2D eigenvalue weighted by Crippen LogP contribution is -2.73. The van der Waals surface area contributed by atoms with Crippen LogP contribution in [-0.2, 0) is 14.7 Å². The Morgan fingerprint density at radius 3 is 1.10 bits per heavy atom. The molecule has 0 aromatic heterocycles. The Labute approximate surface area is 146 Å². The molecule has 0 unspecified atom stereocenters. The van der Waals surface area contributed by atoms with Crippen LogP contribution in [0.15, 0.2) is 0 Å². The predicted molar refractivity (Wildman–Crippen MR) is 51.7 cm³/mol. The molecule has 21 heteroatoms. The Hall–Kier alpha value is -1.28. The topological polar surface area (TPSA) is 43.4 Å². The Morgan fingerprint density at radius 1 is 0.552 bits per heavy atom. The minimum atomic E-state index is -8.72. The summed E-state index contributed by atoms with van der Waals surface area (Å²) in [6.07, 6.45) is -13.7. The molecular formula is C8HF17O3S. The van der Waals surface area contributed by atoms with Gasteiger partial charge in [0.15, 0.2) is 0 Å². The van der Waals surface area contributed by atoms with Gasteiger partial charge < -0.3 is 0 Å². The molecule has 0 atom stereocenters. The number of hydrogen-bond donors (Lipinski definition) is 0.